The van der Waals surface area contributed by atoms with Crippen LogP contribution in [0.3, 0.4) is 0 Å². The first kappa shape index (κ1) is 14.5. The smallest absolute Gasteiger partial charge is 0.270 e. The number of nitro benzene ring substituents is 1. The van der Waals surface area contributed by atoms with Gasteiger partial charge < -0.3 is 10.1 Å². The number of hydrogen-bond donors (Lipinski definition) is 1. The molecular formula is C14H16N2O3S. The summed E-state index contributed by atoms with van der Waals surface area (Å²) in [6.45, 7) is 2.58. The predicted molar refractivity (Wildman–Crippen MR) is 79.2 cm³/mol. The number of nitrogens with one attached hydrogen (secondary N) is 1. The van der Waals surface area contributed by atoms with E-state index in [9.17, 15) is 10.1 Å². The van der Waals surface area contributed by atoms with Crippen molar-refractivity contribution < 1.29 is 9.66 Å². The molecule has 5 nitrogen and oxygen atoms in total. The van der Waals surface area contributed by atoms with E-state index < -0.39 is 4.92 Å². The number of non-ortho nitro benzene ring substituents is 1. The zero-order valence-corrected chi connectivity index (χ0v) is 12.1. The zero-order chi connectivity index (χ0) is 14.5. The Morgan fingerprint density at radius 3 is 2.85 bits per heavy atom. The van der Waals surface area contributed by atoms with Gasteiger partial charge in [-0.25, -0.2) is 0 Å². The molecule has 6 heteroatoms. The normalized spacial score (nSPS) is 12.1. The van der Waals surface area contributed by atoms with Gasteiger partial charge >= 0.3 is 0 Å². The van der Waals surface area contributed by atoms with Crippen molar-refractivity contribution in [2.24, 2.45) is 0 Å². The lowest BCUT2D eigenvalue weighted by Crippen LogP contribution is -2.17. The lowest BCUT2D eigenvalue weighted by molar-refractivity contribution is -0.384. The molecule has 106 valence electrons. The average molecular weight is 292 g/mol. The van der Waals surface area contributed by atoms with Crippen LogP contribution in [0.2, 0.25) is 0 Å². The minimum absolute atomic E-state index is 0.0753. The first-order valence-corrected chi connectivity index (χ1v) is 7.08. The molecule has 0 amide bonds. The van der Waals surface area contributed by atoms with Crippen molar-refractivity contribution >= 4 is 17.0 Å². The first-order chi connectivity index (χ1) is 9.61. The lowest BCUT2D eigenvalue weighted by atomic mass is 10.1. The minimum Gasteiger partial charge on any atom is -0.496 e. The maximum atomic E-state index is 10.8. The predicted octanol–water partition coefficient (Wildman–Crippen LogP) is 3.52. The maximum absolute atomic E-state index is 10.8. The van der Waals surface area contributed by atoms with E-state index in [4.69, 9.17) is 4.74 Å². The van der Waals surface area contributed by atoms with Crippen LogP contribution >= 0.6 is 11.3 Å². The highest BCUT2D eigenvalue weighted by molar-refractivity contribution is 7.10. The second-order valence-corrected chi connectivity index (χ2v) is 5.35. The van der Waals surface area contributed by atoms with E-state index in [0.717, 1.165) is 5.56 Å². The SMILES string of the molecule is COc1ccc([N+](=O)[O-])cc1CNC(C)c1cccs1. The summed E-state index contributed by atoms with van der Waals surface area (Å²) in [5.41, 5.74) is 0.858. The molecule has 1 heterocycles. The Kier molecular flexibility index (Phi) is 4.70. The van der Waals surface area contributed by atoms with Crippen LogP contribution in [-0.4, -0.2) is 12.0 Å². The number of nitrogens with zero attached hydrogens (tertiary/aromatic N) is 1. The van der Waals surface area contributed by atoms with Gasteiger partial charge in [0.25, 0.3) is 5.69 Å². The molecule has 0 saturated heterocycles. The molecule has 0 aliphatic heterocycles. The molecule has 1 atom stereocenters. The summed E-state index contributed by atoms with van der Waals surface area (Å²) < 4.78 is 5.24. The van der Waals surface area contributed by atoms with Crippen LogP contribution in [0.15, 0.2) is 35.7 Å². The maximum Gasteiger partial charge on any atom is 0.270 e. The molecule has 1 aromatic carbocycles. The molecule has 0 bridgehead atoms. The highest BCUT2D eigenvalue weighted by Crippen LogP contribution is 2.25. The van der Waals surface area contributed by atoms with Gasteiger partial charge in [-0.05, 0) is 24.4 Å². The first-order valence-electron chi connectivity index (χ1n) is 6.20. The molecule has 0 aliphatic carbocycles. The van der Waals surface area contributed by atoms with Crippen LogP contribution in [0.25, 0.3) is 0 Å². The molecular weight excluding hydrogens is 276 g/mol. The van der Waals surface area contributed by atoms with Gasteiger partial charge in [0.15, 0.2) is 0 Å². The van der Waals surface area contributed by atoms with E-state index in [-0.39, 0.29) is 11.7 Å². The Balaban J connectivity index is 2.11. The Bertz CT molecular complexity index is 584. The molecule has 2 rings (SSSR count). The summed E-state index contributed by atoms with van der Waals surface area (Å²) in [5.74, 6) is 0.654. The topological polar surface area (TPSA) is 64.4 Å². The number of ether oxygens (including phenoxy) is 1. The fraction of sp³-hybridized carbons (Fsp3) is 0.286. The van der Waals surface area contributed by atoms with Gasteiger partial charge in [0.2, 0.25) is 0 Å². The number of thiophene rings is 1. The fourth-order valence-electron chi connectivity index (χ4n) is 1.92. The monoisotopic (exact) mass is 292 g/mol. The zero-order valence-electron chi connectivity index (χ0n) is 11.3. The van der Waals surface area contributed by atoms with Gasteiger partial charge in [-0.15, -0.1) is 11.3 Å². The molecule has 1 N–H and O–H groups in total. The largest absolute Gasteiger partial charge is 0.496 e. The van der Waals surface area contributed by atoms with Gasteiger partial charge in [-0.1, -0.05) is 6.07 Å². The van der Waals surface area contributed by atoms with Crippen LogP contribution in [-0.2, 0) is 6.54 Å². The molecule has 20 heavy (non-hydrogen) atoms. The summed E-state index contributed by atoms with van der Waals surface area (Å²) in [7, 11) is 1.56. The quantitative estimate of drug-likeness (QED) is 0.653. The van der Waals surface area contributed by atoms with Crippen molar-refractivity contribution in [2.75, 3.05) is 7.11 Å². The molecule has 2 aromatic rings. The molecule has 1 aromatic heterocycles. The Labute approximate surface area is 121 Å². The number of hydrogen-bond acceptors (Lipinski definition) is 5. The number of nitro groups is 1. The standard InChI is InChI=1S/C14H16N2O3S/c1-10(14-4-3-7-20-14)15-9-11-8-12(16(17)18)5-6-13(11)19-2/h3-8,10,15H,9H2,1-2H3. The summed E-state index contributed by atoms with van der Waals surface area (Å²) in [6, 6.07) is 8.89. The van der Waals surface area contributed by atoms with Crippen molar-refractivity contribution in [2.45, 2.75) is 19.5 Å². The van der Waals surface area contributed by atoms with Crippen molar-refractivity contribution in [3.63, 3.8) is 0 Å². The van der Waals surface area contributed by atoms with Crippen molar-refractivity contribution in [3.8, 4) is 5.75 Å². The minimum atomic E-state index is -0.397. The van der Waals surface area contributed by atoms with Gasteiger partial charge in [-0.3, -0.25) is 10.1 Å². The highest BCUT2D eigenvalue weighted by atomic mass is 32.1. The van der Waals surface area contributed by atoms with E-state index in [0.29, 0.717) is 12.3 Å². The number of benzene rings is 1. The molecule has 0 fully saturated rings. The summed E-state index contributed by atoms with van der Waals surface area (Å²) in [6.07, 6.45) is 0. The van der Waals surface area contributed by atoms with E-state index >= 15 is 0 Å². The number of rotatable bonds is 6. The third kappa shape index (κ3) is 3.34. The van der Waals surface area contributed by atoms with Crippen molar-refractivity contribution in [3.05, 3.63) is 56.3 Å². The van der Waals surface area contributed by atoms with Crippen LogP contribution in [0.4, 0.5) is 5.69 Å². The van der Waals surface area contributed by atoms with Gasteiger partial charge in [0, 0.05) is 35.2 Å². The number of methoxy groups -OCH3 is 1. The van der Waals surface area contributed by atoms with Crippen LogP contribution < -0.4 is 10.1 Å². The molecule has 0 aliphatic rings. The molecule has 0 radical (unpaired) electrons. The summed E-state index contributed by atoms with van der Waals surface area (Å²) in [4.78, 5) is 11.7. The van der Waals surface area contributed by atoms with Crippen molar-refractivity contribution in [1.29, 1.82) is 0 Å². The van der Waals surface area contributed by atoms with E-state index in [1.807, 2.05) is 11.4 Å². The summed E-state index contributed by atoms with van der Waals surface area (Å²) >= 11 is 1.68. The molecule has 0 spiro atoms. The molecule has 0 saturated carbocycles. The summed E-state index contributed by atoms with van der Waals surface area (Å²) in [5, 5.41) is 16.2. The van der Waals surface area contributed by atoms with Crippen molar-refractivity contribution in [1.82, 2.24) is 5.32 Å². The van der Waals surface area contributed by atoms with E-state index in [1.54, 1.807) is 30.6 Å². The lowest BCUT2D eigenvalue weighted by Gasteiger charge is -2.14. The fourth-order valence-corrected chi connectivity index (χ4v) is 2.68. The van der Waals surface area contributed by atoms with Crippen LogP contribution in [0.5, 0.6) is 5.75 Å². The van der Waals surface area contributed by atoms with Gasteiger partial charge in [0.05, 0.1) is 12.0 Å². The van der Waals surface area contributed by atoms with Gasteiger partial charge in [0.1, 0.15) is 5.75 Å². The van der Waals surface area contributed by atoms with Crippen LogP contribution in [0.1, 0.15) is 23.4 Å². The van der Waals surface area contributed by atoms with E-state index in [2.05, 4.69) is 18.3 Å². The third-order valence-electron chi connectivity index (χ3n) is 3.04. The second kappa shape index (κ2) is 6.49. The van der Waals surface area contributed by atoms with E-state index in [1.165, 1.54) is 10.9 Å². The third-order valence-corrected chi connectivity index (χ3v) is 4.10. The Morgan fingerprint density at radius 1 is 1.45 bits per heavy atom. The second-order valence-electron chi connectivity index (χ2n) is 4.37. The Morgan fingerprint density at radius 2 is 2.25 bits per heavy atom. The Hall–Kier alpha value is -1.92. The molecule has 1 unspecified atom stereocenters. The van der Waals surface area contributed by atoms with Crippen LogP contribution in [0, 0.1) is 10.1 Å². The van der Waals surface area contributed by atoms with Gasteiger partial charge in [-0.2, -0.15) is 0 Å². The highest BCUT2D eigenvalue weighted by Gasteiger charge is 2.13. The average Bonchev–Trinajstić information content (AvgIpc) is 2.98.